The fourth-order valence-corrected chi connectivity index (χ4v) is 2.34. The number of carbonyl (C=O) groups excluding carboxylic acids is 1. The molecule has 0 bridgehead atoms. The van der Waals surface area contributed by atoms with Gasteiger partial charge in [0.15, 0.2) is 0 Å². The number of likely N-dealkylation sites (tertiary alicyclic amines) is 1. The van der Waals surface area contributed by atoms with Gasteiger partial charge in [0.05, 0.1) is 0 Å². The van der Waals surface area contributed by atoms with Gasteiger partial charge >= 0.3 is 0 Å². The molecule has 0 amide bonds. The maximum absolute atomic E-state index is 11.6. The Balaban J connectivity index is 2.58. The predicted molar refractivity (Wildman–Crippen MR) is 54.7 cm³/mol. The molecule has 0 saturated carbocycles. The summed E-state index contributed by atoms with van der Waals surface area (Å²) >= 11 is 0. The molecule has 1 aliphatic heterocycles. The van der Waals surface area contributed by atoms with Gasteiger partial charge in [-0.2, -0.15) is 0 Å². The summed E-state index contributed by atoms with van der Waals surface area (Å²) in [6, 6.07) is 0.464. The molecule has 1 aliphatic rings. The zero-order valence-corrected chi connectivity index (χ0v) is 9.05. The molecule has 2 nitrogen and oxygen atoms in total. The standard InChI is InChI=1S/C11H21NO/c1-4-7-12-8-6-11(13)10(5-2)9(12)3/h9-10H,4-8H2,1-3H3. The summed E-state index contributed by atoms with van der Waals surface area (Å²) in [4.78, 5) is 14.0. The van der Waals surface area contributed by atoms with Crippen molar-refractivity contribution in [2.75, 3.05) is 13.1 Å². The number of ketones is 1. The zero-order chi connectivity index (χ0) is 9.84. The topological polar surface area (TPSA) is 20.3 Å². The van der Waals surface area contributed by atoms with E-state index in [9.17, 15) is 4.79 Å². The lowest BCUT2D eigenvalue weighted by Crippen LogP contribution is -2.47. The second-order valence-corrected chi connectivity index (χ2v) is 4.01. The van der Waals surface area contributed by atoms with Crippen LogP contribution in [0, 0.1) is 5.92 Å². The third-order valence-corrected chi connectivity index (χ3v) is 3.17. The molecule has 13 heavy (non-hydrogen) atoms. The molecule has 1 fully saturated rings. The first kappa shape index (κ1) is 10.7. The number of rotatable bonds is 3. The number of hydrogen-bond acceptors (Lipinski definition) is 2. The van der Waals surface area contributed by atoms with Crippen LogP contribution in [0.2, 0.25) is 0 Å². The lowest BCUT2D eigenvalue weighted by Gasteiger charge is -2.37. The van der Waals surface area contributed by atoms with Crippen molar-refractivity contribution in [2.45, 2.75) is 46.1 Å². The Morgan fingerprint density at radius 2 is 2.15 bits per heavy atom. The van der Waals surface area contributed by atoms with Gasteiger partial charge in [0, 0.05) is 24.9 Å². The van der Waals surface area contributed by atoms with E-state index in [2.05, 4.69) is 25.7 Å². The molecule has 0 aromatic heterocycles. The molecule has 0 N–H and O–H groups in total. The van der Waals surface area contributed by atoms with Crippen molar-refractivity contribution < 1.29 is 4.79 Å². The molecule has 1 heterocycles. The van der Waals surface area contributed by atoms with Gasteiger partial charge in [0.2, 0.25) is 0 Å². The maximum Gasteiger partial charge on any atom is 0.138 e. The molecule has 0 radical (unpaired) electrons. The Morgan fingerprint density at radius 3 is 2.69 bits per heavy atom. The van der Waals surface area contributed by atoms with E-state index in [0.29, 0.717) is 17.7 Å². The SMILES string of the molecule is CCCN1CCC(=O)C(CC)C1C. The first-order chi connectivity index (χ1) is 6.20. The minimum Gasteiger partial charge on any atom is -0.300 e. The van der Waals surface area contributed by atoms with Crippen molar-refractivity contribution in [3.8, 4) is 0 Å². The molecule has 0 aromatic rings. The van der Waals surface area contributed by atoms with E-state index < -0.39 is 0 Å². The highest BCUT2D eigenvalue weighted by atomic mass is 16.1. The van der Waals surface area contributed by atoms with Gasteiger partial charge in [0.1, 0.15) is 5.78 Å². The normalized spacial score (nSPS) is 30.8. The Bertz CT molecular complexity index is 179. The fourth-order valence-electron chi connectivity index (χ4n) is 2.34. The molecule has 76 valence electrons. The van der Waals surface area contributed by atoms with E-state index in [-0.39, 0.29) is 0 Å². The van der Waals surface area contributed by atoms with E-state index in [4.69, 9.17) is 0 Å². The van der Waals surface area contributed by atoms with Gasteiger partial charge in [0.25, 0.3) is 0 Å². The number of piperidine rings is 1. The van der Waals surface area contributed by atoms with Crippen LogP contribution in [0.4, 0.5) is 0 Å². The van der Waals surface area contributed by atoms with E-state index >= 15 is 0 Å². The van der Waals surface area contributed by atoms with Crippen LogP contribution in [0.25, 0.3) is 0 Å². The third-order valence-electron chi connectivity index (χ3n) is 3.17. The first-order valence-corrected chi connectivity index (χ1v) is 5.47. The minimum atomic E-state index is 0.292. The molecule has 1 rings (SSSR count). The van der Waals surface area contributed by atoms with Crippen molar-refractivity contribution >= 4 is 5.78 Å². The maximum atomic E-state index is 11.6. The second kappa shape index (κ2) is 4.75. The van der Waals surface area contributed by atoms with Crippen LogP contribution in [0.3, 0.4) is 0 Å². The van der Waals surface area contributed by atoms with Gasteiger partial charge in [-0.15, -0.1) is 0 Å². The Labute approximate surface area is 81.3 Å². The van der Waals surface area contributed by atoms with Crippen LogP contribution >= 0.6 is 0 Å². The van der Waals surface area contributed by atoms with E-state index in [1.807, 2.05) is 0 Å². The summed E-state index contributed by atoms with van der Waals surface area (Å²) in [5.74, 6) is 0.766. The number of nitrogens with zero attached hydrogens (tertiary/aromatic N) is 1. The molecule has 2 heteroatoms. The predicted octanol–water partition coefficient (Wildman–Crippen LogP) is 2.09. The number of Topliss-reactive ketones (excluding diaryl/α,β-unsaturated/α-hetero) is 1. The Kier molecular flexibility index (Phi) is 3.91. The van der Waals surface area contributed by atoms with Crippen LogP contribution in [0.15, 0.2) is 0 Å². The average Bonchev–Trinajstić information content (AvgIpc) is 2.11. The van der Waals surface area contributed by atoms with Gasteiger partial charge in [-0.3, -0.25) is 9.69 Å². The average molecular weight is 183 g/mol. The summed E-state index contributed by atoms with van der Waals surface area (Å²) < 4.78 is 0. The zero-order valence-electron chi connectivity index (χ0n) is 9.05. The van der Waals surface area contributed by atoms with Crippen molar-refractivity contribution in [1.82, 2.24) is 4.90 Å². The van der Waals surface area contributed by atoms with Gasteiger partial charge in [-0.25, -0.2) is 0 Å². The molecular weight excluding hydrogens is 162 g/mol. The number of hydrogen-bond donors (Lipinski definition) is 0. The number of carbonyl (C=O) groups is 1. The van der Waals surface area contributed by atoms with Crippen LogP contribution in [-0.4, -0.2) is 29.8 Å². The van der Waals surface area contributed by atoms with Crippen LogP contribution in [0.1, 0.15) is 40.0 Å². The van der Waals surface area contributed by atoms with E-state index in [1.54, 1.807) is 0 Å². The molecule has 0 spiro atoms. The summed E-state index contributed by atoms with van der Waals surface area (Å²) in [5.41, 5.74) is 0. The molecule has 1 saturated heterocycles. The molecule has 0 aromatic carbocycles. The Hall–Kier alpha value is -0.370. The quantitative estimate of drug-likeness (QED) is 0.667. The van der Waals surface area contributed by atoms with Crippen molar-refractivity contribution in [2.24, 2.45) is 5.92 Å². The minimum absolute atomic E-state index is 0.292. The van der Waals surface area contributed by atoms with E-state index in [0.717, 1.165) is 25.9 Å². The monoisotopic (exact) mass is 183 g/mol. The van der Waals surface area contributed by atoms with Gasteiger partial charge in [-0.1, -0.05) is 13.8 Å². The second-order valence-electron chi connectivity index (χ2n) is 4.01. The van der Waals surface area contributed by atoms with Gasteiger partial charge in [-0.05, 0) is 26.3 Å². The summed E-state index contributed by atoms with van der Waals surface area (Å²) in [7, 11) is 0. The smallest absolute Gasteiger partial charge is 0.138 e. The molecule has 0 aliphatic carbocycles. The highest BCUT2D eigenvalue weighted by Gasteiger charge is 2.31. The van der Waals surface area contributed by atoms with E-state index in [1.165, 1.54) is 6.42 Å². The Morgan fingerprint density at radius 1 is 1.46 bits per heavy atom. The summed E-state index contributed by atoms with van der Waals surface area (Å²) in [6.07, 6.45) is 2.96. The summed E-state index contributed by atoms with van der Waals surface area (Å²) in [6.45, 7) is 8.63. The van der Waals surface area contributed by atoms with Gasteiger partial charge < -0.3 is 0 Å². The summed E-state index contributed by atoms with van der Waals surface area (Å²) in [5, 5.41) is 0. The highest BCUT2D eigenvalue weighted by Crippen LogP contribution is 2.23. The molecule has 2 atom stereocenters. The molecule has 2 unspecified atom stereocenters. The van der Waals surface area contributed by atoms with Crippen LogP contribution in [-0.2, 0) is 4.79 Å². The van der Waals surface area contributed by atoms with Crippen molar-refractivity contribution in [1.29, 1.82) is 0 Å². The lowest BCUT2D eigenvalue weighted by molar-refractivity contribution is -0.128. The fraction of sp³-hybridized carbons (Fsp3) is 0.909. The molecular formula is C11H21NO. The van der Waals surface area contributed by atoms with Crippen LogP contribution in [0.5, 0.6) is 0 Å². The van der Waals surface area contributed by atoms with Crippen molar-refractivity contribution in [3.05, 3.63) is 0 Å². The first-order valence-electron chi connectivity index (χ1n) is 5.47. The highest BCUT2D eigenvalue weighted by molar-refractivity contribution is 5.82. The van der Waals surface area contributed by atoms with Crippen LogP contribution < -0.4 is 0 Å². The van der Waals surface area contributed by atoms with Crippen molar-refractivity contribution in [3.63, 3.8) is 0 Å². The largest absolute Gasteiger partial charge is 0.300 e. The lowest BCUT2D eigenvalue weighted by atomic mass is 9.87. The third kappa shape index (κ3) is 2.31.